The van der Waals surface area contributed by atoms with Crippen molar-refractivity contribution in [3.8, 4) is 39.1 Å². The van der Waals surface area contributed by atoms with Crippen molar-refractivity contribution in [3.05, 3.63) is 277 Å². The fraction of sp³-hybridized carbons (Fsp3) is 0.0164. The zero-order valence-electron chi connectivity index (χ0n) is 34.6. The van der Waals surface area contributed by atoms with Gasteiger partial charge in [0.05, 0.1) is 22.1 Å². The molecule has 0 radical (unpaired) electrons. The Morgan fingerprint density at radius 3 is 1.57 bits per heavy atom. The molecule has 2 heteroatoms. The molecule has 1 aliphatic rings. The van der Waals surface area contributed by atoms with Crippen molar-refractivity contribution in [1.82, 2.24) is 4.57 Å². The summed E-state index contributed by atoms with van der Waals surface area (Å²) in [5, 5.41) is 2.47. The summed E-state index contributed by atoms with van der Waals surface area (Å²) in [6.07, 6.45) is 0. The van der Waals surface area contributed by atoms with E-state index in [1.54, 1.807) is 0 Å². The normalized spacial score (nSPS) is 12.6. The van der Waals surface area contributed by atoms with E-state index in [1.807, 2.05) is 0 Å². The predicted octanol–water partition coefficient (Wildman–Crippen LogP) is 16.0. The van der Waals surface area contributed by atoms with Crippen LogP contribution in [-0.2, 0) is 5.41 Å². The molecule has 0 bridgehead atoms. The summed E-state index contributed by atoms with van der Waals surface area (Å²) in [5.41, 5.74) is 18.8. The van der Waals surface area contributed by atoms with Gasteiger partial charge in [-0.15, -0.1) is 0 Å². The minimum Gasteiger partial charge on any atom is -0.310 e. The van der Waals surface area contributed by atoms with E-state index in [9.17, 15) is 0 Å². The van der Waals surface area contributed by atoms with Crippen molar-refractivity contribution in [2.75, 3.05) is 4.90 Å². The molecule has 0 unspecified atom stereocenters. The summed E-state index contributed by atoms with van der Waals surface area (Å²) in [6, 6.07) is 93.1. The maximum atomic E-state index is 2.47. The topological polar surface area (TPSA) is 8.17 Å². The Kier molecular flexibility index (Phi) is 8.76. The van der Waals surface area contributed by atoms with Crippen LogP contribution in [0.3, 0.4) is 0 Å². The molecule has 2 nitrogen and oxygen atoms in total. The van der Waals surface area contributed by atoms with Crippen LogP contribution in [0.2, 0.25) is 0 Å². The van der Waals surface area contributed by atoms with Gasteiger partial charge in [0.1, 0.15) is 0 Å². The van der Waals surface area contributed by atoms with Gasteiger partial charge in [0.2, 0.25) is 0 Å². The molecular formula is C61H42N2. The maximum absolute atomic E-state index is 2.47. The highest BCUT2D eigenvalue weighted by Crippen LogP contribution is 2.56. The second-order valence-electron chi connectivity index (χ2n) is 16.4. The summed E-state index contributed by atoms with van der Waals surface area (Å²) in [5.74, 6) is 0. The number of anilines is 3. The third kappa shape index (κ3) is 5.87. The number of fused-ring (bicyclic) bond motifs is 6. The Morgan fingerprint density at radius 2 is 0.857 bits per heavy atom. The molecule has 0 saturated carbocycles. The molecule has 0 aliphatic heterocycles. The van der Waals surface area contributed by atoms with Crippen LogP contribution in [0.25, 0.3) is 60.9 Å². The fourth-order valence-corrected chi connectivity index (χ4v) is 10.4. The van der Waals surface area contributed by atoms with Gasteiger partial charge in [-0.25, -0.2) is 0 Å². The lowest BCUT2D eigenvalue weighted by Gasteiger charge is -2.34. The molecule has 63 heavy (non-hydrogen) atoms. The summed E-state index contributed by atoms with van der Waals surface area (Å²) in [6.45, 7) is 0. The van der Waals surface area contributed by atoms with Gasteiger partial charge in [0, 0.05) is 33.4 Å². The molecule has 0 saturated heterocycles. The Hall–Kier alpha value is -8.20. The number of benzene rings is 10. The Morgan fingerprint density at radius 1 is 0.317 bits per heavy atom. The van der Waals surface area contributed by atoms with Crippen LogP contribution in [0.1, 0.15) is 22.3 Å². The van der Waals surface area contributed by atoms with Crippen LogP contribution < -0.4 is 4.90 Å². The van der Waals surface area contributed by atoms with Crippen molar-refractivity contribution in [2.24, 2.45) is 0 Å². The maximum Gasteiger partial charge on any atom is 0.0714 e. The van der Waals surface area contributed by atoms with Crippen molar-refractivity contribution in [1.29, 1.82) is 0 Å². The van der Waals surface area contributed by atoms with E-state index in [2.05, 4.69) is 264 Å². The average Bonchev–Trinajstić information content (AvgIpc) is 3.85. The zero-order valence-corrected chi connectivity index (χ0v) is 34.6. The largest absolute Gasteiger partial charge is 0.310 e. The smallest absolute Gasteiger partial charge is 0.0714 e. The monoisotopic (exact) mass is 802 g/mol. The van der Waals surface area contributed by atoms with Crippen LogP contribution in [-0.4, -0.2) is 4.57 Å². The summed E-state index contributed by atoms with van der Waals surface area (Å²) in [4.78, 5) is 2.35. The molecule has 1 heterocycles. The van der Waals surface area contributed by atoms with Gasteiger partial charge in [-0.05, 0) is 117 Å². The molecule has 0 atom stereocenters. The summed E-state index contributed by atoms with van der Waals surface area (Å²) in [7, 11) is 0. The fourth-order valence-electron chi connectivity index (χ4n) is 10.4. The lowest BCUT2D eigenvalue weighted by atomic mass is 9.67. The number of para-hydroxylation sites is 4. The first-order valence-corrected chi connectivity index (χ1v) is 21.8. The van der Waals surface area contributed by atoms with E-state index in [-0.39, 0.29) is 0 Å². The lowest BCUT2D eigenvalue weighted by Crippen LogP contribution is -2.28. The second-order valence-corrected chi connectivity index (χ2v) is 16.4. The van der Waals surface area contributed by atoms with Gasteiger partial charge in [0.25, 0.3) is 0 Å². The molecule has 0 amide bonds. The minimum atomic E-state index is -0.473. The first kappa shape index (κ1) is 36.6. The highest BCUT2D eigenvalue weighted by atomic mass is 15.1. The Labute approximate surface area is 368 Å². The molecule has 12 rings (SSSR count). The van der Waals surface area contributed by atoms with E-state index in [1.165, 1.54) is 77.4 Å². The number of nitrogens with zero attached hydrogens (tertiary/aromatic N) is 2. The second kappa shape index (κ2) is 15.1. The molecule has 11 aromatic rings. The predicted molar refractivity (Wildman–Crippen MR) is 264 cm³/mol. The highest BCUT2D eigenvalue weighted by Gasteiger charge is 2.46. The van der Waals surface area contributed by atoms with E-state index >= 15 is 0 Å². The molecule has 1 aromatic heterocycles. The van der Waals surface area contributed by atoms with Crippen molar-refractivity contribution < 1.29 is 0 Å². The number of aromatic nitrogens is 1. The van der Waals surface area contributed by atoms with E-state index in [0.717, 1.165) is 22.7 Å². The van der Waals surface area contributed by atoms with E-state index in [4.69, 9.17) is 0 Å². The zero-order chi connectivity index (χ0) is 41.7. The molecule has 0 N–H and O–H groups in total. The van der Waals surface area contributed by atoms with Crippen LogP contribution in [0.5, 0.6) is 0 Å². The van der Waals surface area contributed by atoms with Crippen molar-refractivity contribution >= 4 is 38.9 Å². The van der Waals surface area contributed by atoms with Crippen LogP contribution in [0.4, 0.5) is 17.1 Å². The first-order chi connectivity index (χ1) is 31.3. The van der Waals surface area contributed by atoms with Crippen LogP contribution in [0, 0.1) is 0 Å². The minimum absolute atomic E-state index is 0.473. The Balaban J connectivity index is 1.00. The van der Waals surface area contributed by atoms with Crippen molar-refractivity contribution in [3.63, 3.8) is 0 Å². The van der Waals surface area contributed by atoms with Crippen LogP contribution >= 0.6 is 0 Å². The van der Waals surface area contributed by atoms with Crippen LogP contribution in [0.15, 0.2) is 255 Å². The van der Waals surface area contributed by atoms with Gasteiger partial charge in [-0.1, -0.05) is 188 Å². The standard InChI is InChI=1S/C61H42N2/c1-5-22-46(23-6-1)61(47-24-7-2-8-25-47)56-33-16-13-31-52(56)53-38-37-50(42-57(53)61)63-59-35-18-15-32-54(59)55-41-44(36-39-60(55)63)43-20-19-21-45(40-43)51-30-14-17-34-58(51)62(48-26-9-3-10-27-48)49-28-11-4-12-29-49/h1-42H. The Bertz CT molecular complexity index is 3360. The molecule has 1 aliphatic carbocycles. The number of hydrogen-bond acceptors (Lipinski definition) is 1. The van der Waals surface area contributed by atoms with Gasteiger partial charge in [-0.2, -0.15) is 0 Å². The van der Waals surface area contributed by atoms with Gasteiger partial charge >= 0.3 is 0 Å². The molecule has 0 fully saturated rings. The molecular weight excluding hydrogens is 761 g/mol. The third-order valence-corrected chi connectivity index (χ3v) is 13.1. The summed E-state index contributed by atoms with van der Waals surface area (Å²) >= 11 is 0. The molecule has 10 aromatic carbocycles. The SMILES string of the molecule is c1ccc(N(c2ccccc2)c2ccccc2-c2cccc(-c3ccc4c(c3)c3ccccc3n4-c3ccc4c(c3)C(c3ccccc3)(c3ccccc3)c3ccccc3-4)c2)cc1. The quantitative estimate of drug-likeness (QED) is 0.149. The lowest BCUT2D eigenvalue weighted by molar-refractivity contribution is 0.767. The first-order valence-electron chi connectivity index (χ1n) is 21.8. The molecule has 0 spiro atoms. The summed E-state index contributed by atoms with van der Waals surface area (Å²) < 4.78 is 2.47. The average molecular weight is 803 g/mol. The van der Waals surface area contributed by atoms with Gasteiger partial charge in [0.15, 0.2) is 0 Å². The number of rotatable bonds is 8. The highest BCUT2D eigenvalue weighted by molar-refractivity contribution is 6.10. The third-order valence-electron chi connectivity index (χ3n) is 13.1. The van der Waals surface area contributed by atoms with Crippen molar-refractivity contribution in [2.45, 2.75) is 5.41 Å². The van der Waals surface area contributed by atoms with Gasteiger partial charge < -0.3 is 9.47 Å². The number of hydrogen-bond donors (Lipinski definition) is 0. The van der Waals surface area contributed by atoms with E-state index < -0.39 is 5.41 Å². The van der Waals surface area contributed by atoms with E-state index in [0.29, 0.717) is 0 Å². The molecule has 296 valence electrons. The van der Waals surface area contributed by atoms with Gasteiger partial charge in [-0.3, -0.25) is 0 Å².